The molecule has 7 atom stereocenters. The summed E-state index contributed by atoms with van der Waals surface area (Å²) in [6, 6.07) is 6.64. The maximum atomic E-state index is 13.0. The molecule has 1 N–H and O–H groups in total. The van der Waals surface area contributed by atoms with E-state index in [9.17, 15) is 14.4 Å². The van der Waals surface area contributed by atoms with E-state index in [0.717, 1.165) is 9.99 Å². The van der Waals surface area contributed by atoms with E-state index in [4.69, 9.17) is 0 Å². The number of hydrogen-bond acceptors (Lipinski definition) is 3. The summed E-state index contributed by atoms with van der Waals surface area (Å²) in [6.07, 6.45) is 5.43. The van der Waals surface area contributed by atoms with Gasteiger partial charge in [0.1, 0.15) is 6.04 Å². The summed E-state index contributed by atoms with van der Waals surface area (Å²) in [7, 11) is 0. The summed E-state index contributed by atoms with van der Waals surface area (Å²) in [4.78, 5) is 40.0. The molecule has 2 saturated carbocycles. The molecule has 1 saturated heterocycles. The van der Waals surface area contributed by atoms with Crippen LogP contribution in [0.15, 0.2) is 36.4 Å². The Morgan fingerprint density at radius 2 is 1.62 bits per heavy atom. The summed E-state index contributed by atoms with van der Waals surface area (Å²) in [6.45, 7) is 1.64. The van der Waals surface area contributed by atoms with Crippen molar-refractivity contribution in [3.8, 4) is 0 Å². The lowest BCUT2D eigenvalue weighted by Gasteiger charge is -2.37. The third kappa shape index (κ3) is 2.23. The monoisotopic (exact) mass is 462 g/mol. The minimum absolute atomic E-state index is 0.157. The number of likely N-dealkylation sites (tertiary alicyclic amines) is 1. The van der Waals surface area contributed by atoms with Crippen LogP contribution in [-0.4, -0.2) is 28.7 Å². The largest absolute Gasteiger partial charge is 0.324 e. The van der Waals surface area contributed by atoms with Crippen LogP contribution in [0.4, 0.5) is 5.69 Å². The van der Waals surface area contributed by atoms with Crippen molar-refractivity contribution < 1.29 is 14.4 Å². The van der Waals surface area contributed by atoms with E-state index in [-0.39, 0.29) is 41.4 Å². The zero-order valence-corrected chi connectivity index (χ0v) is 16.4. The van der Waals surface area contributed by atoms with Crippen molar-refractivity contribution in [2.24, 2.45) is 35.5 Å². The molecule has 1 aromatic carbocycles. The van der Waals surface area contributed by atoms with Gasteiger partial charge in [0.05, 0.1) is 11.8 Å². The molecule has 3 amide bonds. The quantitative estimate of drug-likeness (QED) is 0.427. The zero-order valence-electron chi connectivity index (χ0n) is 14.3. The van der Waals surface area contributed by atoms with Gasteiger partial charge in [0, 0.05) is 9.26 Å². The van der Waals surface area contributed by atoms with Gasteiger partial charge in [-0.15, -0.1) is 0 Å². The van der Waals surface area contributed by atoms with E-state index < -0.39 is 6.04 Å². The van der Waals surface area contributed by atoms with Crippen LogP contribution in [0, 0.1) is 39.1 Å². The number of hydrogen-bond donors (Lipinski definition) is 1. The number of nitrogens with zero attached hydrogens (tertiary/aromatic N) is 1. The molecule has 2 bridgehead atoms. The SMILES string of the molecule is C[C@H](C(=O)Nc1ccc(I)cc1)N1C(=O)[C@@H]2[C@@H]3C=C[C@H]([C@H]4C[C@H]34)[C@@H]2C1=O. The molecule has 1 heterocycles. The summed E-state index contributed by atoms with van der Waals surface area (Å²) < 4.78 is 1.07. The Hall–Kier alpha value is -1.70. The number of carbonyl (C=O) groups excluding carboxylic acids is 3. The summed E-state index contributed by atoms with van der Waals surface area (Å²) in [5, 5.41) is 2.82. The van der Waals surface area contributed by atoms with Gasteiger partial charge in [0.15, 0.2) is 0 Å². The minimum atomic E-state index is -0.796. The highest BCUT2D eigenvalue weighted by molar-refractivity contribution is 14.1. The summed E-state index contributed by atoms with van der Waals surface area (Å²) in [5.41, 5.74) is 0.668. The van der Waals surface area contributed by atoms with Gasteiger partial charge >= 0.3 is 0 Å². The van der Waals surface area contributed by atoms with E-state index in [1.807, 2.05) is 24.3 Å². The first-order valence-electron chi connectivity index (χ1n) is 9.09. The fraction of sp³-hybridized carbons (Fsp3) is 0.450. The highest BCUT2D eigenvalue weighted by atomic mass is 127. The third-order valence-electron chi connectivity index (χ3n) is 6.58. The van der Waals surface area contributed by atoms with Crippen molar-refractivity contribution in [3.05, 3.63) is 40.0 Å². The van der Waals surface area contributed by atoms with Crippen molar-refractivity contribution in [2.45, 2.75) is 19.4 Å². The van der Waals surface area contributed by atoms with E-state index >= 15 is 0 Å². The number of imide groups is 1. The van der Waals surface area contributed by atoms with Crippen molar-refractivity contribution in [3.63, 3.8) is 0 Å². The first kappa shape index (κ1) is 16.5. The molecule has 6 heteroatoms. The lowest BCUT2D eigenvalue weighted by Crippen LogP contribution is -2.46. The lowest BCUT2D eigenvalue weighted by molar-refractivity contribution is -0.146. The molecular weight excluding hydrogens is 443 g/mol. The molecule has 0 unspecified atom stereocenters. The number of rotatable bonds is 3. The van der Waals surface area contributed by atoms with Gasteiger partial charge in [-0.2, -0.15) is 0 Å². The Bertz CT molecular complexity index is 813. The first-order valence-corrected chi connectivity index (χ1v) is 10.2. The molecule has 26 heavy (non-hydrogen) atoms. The smallest absolute Gasteiger partial charge is 0.247 e. The summed E-state index contributed by atoms with van der Waals surface area (Å²) >= 11 is 2.20. The second-order valence-electron chi connectivity index (χ2n) is 7.87. The second-order valence-corrected chi connectivity index (χ2v) is 9.12. The number of amides is 3. The van der Waals surface area contributed by atoms with E-state index in [0.29, 0.717) is 17.5 Å². The van der Waals surface area contributed by atoms with Crippen molar-refractivity contribution in [1.29, 1.82) is 0 Å². The van der Waals surface area contributed by atoms with Crippen LogP contribution in [0.5, 0.6) is 0 Å². The standard InChI is InChI=1S/C20H19IN2O3/c1-9(18(24)22-11-4-2-10(21)3-5-11)23-19(25)16-12-6-7-13(15-8-14(12)15)17(16)20(23)26/h2-7,9,12-17H,8H2,1H3,(H,22,24)/t9-,12-,13-,14-,15-,16-,17+/m1/s1. The van der Waals surface area contributed by atoms with Crippen LogP contribution >= 0.6 is 22.6 Å². The van der Waals surface area contributed by atoms with Crippen molar-refractivity contribution in [1.82, 2.24) is 4.90 Å². The Kier molecular flexibility index (Phi) is 3.58. The number of nitrogens with one attached hydrogen (secondary N) is 1. The van der Waals surface area contributed by atoms with Gasteiger partial charge in [0.2, 0.25) is 17.7 Å². The molecular formula is C20H19IN2O3. The lowest BCUT2D eigenvalue weighted by atomic mass is 9.63. The van der Waals surface area contributed by atoms with Gasteiger partial charge in [-0.05, 0) is 83.9 Å². The van der Waals surface area contributed by atoms with E-state index in [2.05, 4.69) is 40.1 Å². The Morgan fingerprint density at radius 3 is 2.15 bits per heavy atom. The predicted octanol–water partition coefficient (Wildman–Crippen LogP) is 2.67. The van der Waals surface area contributed by atoms with Gasteiger partial charge < -0.3 is 5.32 Å². The maximum absolute atomic E-state index is 13.0. The van der Waals surface area contributed by atoms with Gasteiger partial charge in [-0.3, -0.25) is 19.3 Å². The predicted molar refractivity (Wildman–Crippen MR) is 104 cm³/mol. The van der Waals surface area contributed by atoms with Crippen molar-refractivity contribution >= 4 is 46.0 Å². The van der Waals surface area contributed by atoms with Gasteiger partial charge in [-0.1, -0.05) is 12.2 Å². The highest BCUT2D eigenvalue weighted by Crippen LogP contribution is 2.65. The van der Waals surface area contributed by atoms with Crippen LogP contribution in [0.25, 0.3) is 0 Å². The van der Waals surface area contributed by atoms with E-state index in [1.54, 1.807) is 6.92 Å². The molecule has 0 spiro atoms. The molecule has 0 radical (unpaired) electrons. The van der Waals surface area contributed by atoms with Crippen LogP contribution in [0.2, 0.25) is 0 Å². The molecule has 5 aliphatic rings. The number of allylic oxidation sites excluding steroid dienone is 2. The molecule has 3 fully saturated rings. The summed E-state index contributed by atoms with van der Waals surface area (Å²) in [5.74, 6) is 0.357. The third-order valence-corrected chi connectivity index (χ3v) is 7.29. The minimum Gasteiger partial charge on any atom is -0.324 e. The Labute approximate surface area is 165 Å². The molecule has 1 aromatic rings. The second kappa shape index (κ2) is 5.65. The van der Waals surface area contributed by atoms with Gasteiger partial charge in [0.25, 0.3) is 0 Å². The number of benzene rings is 1. The number of anilines is 1. The topological polar surface area (TPSA) is 66.5 Å². The van der Waals surface area contributed by atoms with Crippen LogP contribution in [0.3, 0.4) is 0 Å². The Balaban J connectivity index is 1.37. The molecule has 1 aliphatic heterocycles. The van der Waals surface area contributed by atoms with Crippen LogP contribution < -0.4 is 5.32 Å². The zero-order chi connectivity index (χ0) is 18.2. The average Bonchev–Trinajstić information content (AvgIpc) is 3.41. The fourth-order valence-corrected chi connectivity index (χ4v) is 5.62. The molecule has 4 aliphatic carbocycles. The van der Waals surface area contributed by atoms with Crippen LogP contribution in [-0.2, 0) is 14.4 Å². The number of halogens is 1. The van der Waals surface area contributed by atoms with E-state index in [1.165, 1.54) is 4.90 Å². The van der Waals surface area contributed by atoms with Crippen molar-refractivity contribution in [2.75, 3.05) is 5.32 Å². The first-order chi connectivity index (χ1) is 12.5. The van der Waals surface area contributed by atoms with Gasteiger partial charge in [-0.25, -0.2) is 0 Å². The average molecular weight is 462 g/mol. The molecule has 5 nitrogen and oxygen atoms in total. The highest BCUT2D eigenvalue weighted by Gasteiger charge is 2.67. The molecule has 6 rings (SSSR count). The normalized spacial score (nSPS) is 37.4. The Morgan fingerprint density at radius 1 is 1.08 bits per heavy atom. The molecule has 0 aromatic heterocycles. The maximum Gasteiger partial charge on any atom is 0.247 e. The van der Waals surface area contributed by atoms with Crippen LogP contribution in [0.1, 0.15) is 13.3 Å². The number of carbonyl (C=O) groups is 3. The fourth-order valence-electron chi connectivity index (χ4n) is 5.26. The molecule has 134 valence electrons.